The molecular formula is C7H15NO. The Morgan fingerprint density at radius 2 is 2.44 bits per heavy atom. The van der Waals surface area contributed by atoms with Gasteiger partial charge in [-0.2, -0.15) is 0 Å². The maximum Gasteiger partial charge on any atom is 0.0615 e. The van der Waals surface area contributed by atoms with Gasteiger partial charge >= 0.3 is 0 Å². The number of ether oxygens (including phenoxy) is 1. The van der Waals surface area contributed by atoms with Crippen LogP contribution in [-0.4, -0.2) is 26.3 Å². The zero-order valence-corrected chi connectivity index (χ0v) is 6.02. The van der Waals surface area contributed by atoms with Gasteiger partial charge in [-0.05, 0) is 19.4 Å². The molecule has 0 amide bonds. The van der Waals surface area contributed by atoms with E-state index >= 15 is 0 Å². The smallest absolute Gasteiger partial charge is 0.0615 e. The Hall–Kier alpha value is -0.0800. The van der Waals surface area contributed by atoms with E-state index in [1.807, 2.05) is 0 Å². The van der Waals surface area contributed by atoms with Crippen molar-refractivity contribution in [2.45, 2.75) is 25.3 Å². The number of hydrogen-bond acceptors (Lipinski definition) is 2. The summed E-state index contributed by atoms with van der Waals surface area (Å²) in [5, 5.41) is 3.40. The van der Waals surface area contributed by atoms with Crippen molar-refractivity contribution in [3.05, 3.63) is 0 Å². The molecule has 0 aromatic carbocycles. The Kier molecular flexibility index (Phi) is 3.01. The van der Waals surface area contributed by atoms with Gasteiger partial charge in [0.1, 0.15) is 0 Å². The molecule has 2 nitrogen and oxygen atoms in total. The summed E-state index contributed by atoms with van der Waals surface area (Å²) < 4.78 is 5.02. The van der Waals surface area contributed by atoms with E-state index in [4.69, 9.17) is 4.74 Å². The minimum Gasteiger partial charge on any atom is -0.383 e. The van der Waals surface area contributed by atoms with Crippen LogP contribution in [0.15, 0.2) is 0 Å². The minimum atomic E-state index is 0.628. The number of rotatable bonds is 2. The molecule has 0 saturated carbocycles. The van der Waals surface area contributed by atoms with Gasteiger partial charge in [0, 0.05) is 13.2 Å². The van der Waals surface area contributed by atoms with Gasteiger partial charge in [0.05, 0.1) is 6.61 Å². The van der Waals surface area contributed by atoms with E-state index < -0.39 is 0 Å². The fourth-order valence-electron chi connectivity index (χ4n) is 1.27. The van der Waals surface area contributed by atoms with E-state index in [0.717, 1.165) is 6.61 Å². The Labute approximate surface area is 56.6 Å². The monoisotopic (exact) mass is 129 g/mol. The highest BCUT2D eigenvalue weighted by atomic mass is 16.5. The molecule has 1 fully saturated rings. The van der Waals surface area contributed by atoms with Crippen LogP contribution in [-0.2, 0) is 4.74 Å². The van der Waals surface area contributed by atoms with Crippen molar-refractivity contribution in [1.29, 1.82) is 0 Å². The third kappa shape index (κ3) is 2.33. The molecule has 0 spiro atoms. The third-order valence-electron chi connectivity index (χ3n) is 1.78. The van der Waals surface area contributed by atoms with Crippen molar-refractivity contribution >= 4 is 0 Å². The zero-order chi connectivity index (χ0) is 6.53. The van der Waals surface area contributed by atoms with Gasteiger partial charge in [-0.1, -0.05) is 6.42 Å². The summed E-state index contributed by atoms with van der Waals surface area (Å²) in [6.07, 6.45) is 3.98. The van der Waals surface area contributed by atoms with Crippen molar-refractivity contribution < 1.29 is 4.74 Å². The highest BCUT2D eigenvalue weighted by Gasteiger charge is 2.10. The van der Waals surface area contributed by atoms with Crippen molar-refractivity contribution in [3.63, 3.8) is 0 Å². The SMILES string of the molecule is COCC1CCCCN1. The summed E-state index contributed by atoms with van der Waals surface area (Å²) in [6, 6.07) is 0.628. The van der Waals surface area contributed by atoms with Crippen LogP contribution in [0.25, 0.3) is 0 Å². The molecule has 1 heterocycles. The molecule has 0 aliphatic carbocycles. The number of methoxy groups -OCH3 is 1. The predicted octanol–water partition coefficient (Wildman–Crippen LogP) is 0.775. The molecule has 0 aromatic rings. The molecule has 1 atom stereocenters. The molecule has 1 aliphatic heterocycles. The lowest BCUT2D eigenvalue weighted by molar-refractivity contribution is 0.154. The van der Waals surface area contributed by atoms with Gasteiger partial charge in [-0.3, -0.25) is 0 Å². The van der Waals surface area contributed by atoms with Crippen molar-refractivity contribution in [2.24, 2.45) is 0 Å². The predicted molar refractivity (Wildman–Crippen MR) is 37.5 cm³/mol. The molecule has 9 heavy (non-hydrogen) atoms. The van der Waals surface area contributed by atoms with Crippen LogP contribution < -0.4 is 5.32 Å². The van der Waals surface area contributed by atoms with E-state index in [9.17, 15) is 0 Å². The summed E-state index contributed by atoms with van der Waals surface area (Å²) >= 11 is 0. The van der Waals surface area contributed by atoms with Crippen LogP contribution in [0.3, 0.4) is 0 Å². The van der Waals surface area contributed by atoms with Gasteiger partial charge in [-0.15, -0.1) is 0 Å². The second-order valence-electron chi connectivity index (χ2n) is 2.60. The molecule has 1 aliphatic rings. The standard InChI is InChI=1S/C7H15NO/c1-9-6-7-4-2-3-5-8-7/h7-8H,2-6H2,1H3. The summed E-state index contributed by atoms with van der Waals surface area (Å²) in [5.74, 6) is 0. The first-order valence-corrected chi connectivity index (χ1v) is 3.66. The average molecular weight is 129 g/mol. The normalized spacial score (nSPS) is 28.3. The van der Waals surface area contributed by atoms with Crippen molar-refractivity contribution in [1.82, 2.24) is 5.32 Å². The molecule has 0 aromatic heterocycles. The molecule has 54 valence electrons. The Morgan fingerprint density at radius 1 is 1.56 bits per heavy atom. The van der Waals surface area contributed by atoms with E-state index in [2.05, 4.69) is 5.32 Å². The van der Waals surface area contributed by atoms with Gasteiger partial charge in [-0.25, -0.2) is 0 Å². The molecule has 0 bridgehead atoms. The maximum absolute atomic E-state index is 5.02. The number of hydrogen-bond donors (Lipinski definition) is 1. The molecule has 1 rings (SSSR count). The first kappa shape index (κ1) is 7.03. The second kappa shape index (κ2) is 3.85. The Morgan fingerprint density at radius 3 is 3.00 bits per heavy atom. The average Bonchev–Trinajstić information content (AvgIpc) is 1.91. The van der Waals surface area contributed by atoms with E-state index in [1.54, 1.807) is 7.11 Å². The van der Waals surface area contributed by atoms with Crippen LogP contribution in [0.4, 0.5) is 0 Å². The fraction of sp³-hybridized carbons (Fsp3) is 1.00. The van der Waals surface area contributed by atoms with E-state index in [-0.39, 0.29) is 0 Å². The summed E-state index contributed by atoms with van der Waals surface area (Å²) in [4.78, 5) is 0. The largest absolute Gasteiger partial charge is 0.383 e. The first-order chi connectivity index (χ1) is 4.43. The molecule has 1 unspecified atom stereocenters. The number of piperidine rings is 1. The van der Waals surface area contributed by atoms with Crippen LogP contribution in [0.2, 0.25) is 0 Å². The summed E-state index contributed by atoms with van der Waals surface area (Å²) in [7, 11) is 1.76. The molecule has 2 heteroatoms. The minimum absolute atomic E-state index is 0.628. The fourth-order valence-corrected chi connectivity index (χ4v) is 1.27. The number of nitrogens with one attached hydrogen (secondary N) is 1. The quantitative estimate of drug-likeness (QED) is 0.594. The van der Waals surface area contributed by atoms with E-state index in [1.165, 1.54) is 25.8 Å². The van der Waals surface area contributed by atoms with Gasteiger partial charge in [0.25, 0.3) is 0 Å². The molecule has 1 N–H and O–H groups in total. The zero-order valence-electron chi connectivity index (χ0n) is 6.02. The van der Waals surface area contributed by atoms with Gasteiger partial charge < -0.3 is 10.1 Å². The highest BCUT2D eigenvalue weighted by Crippen LogP contribution is 2.06. The lowest BCUT2D eigenvalue weighted by atomic mass is 10.1. The van der Waals surface area contributed by atoms with Crippen LogP contribution in [0.5, 0.6) is 0 Å². The van der Waals surface area contributed by atoms with Crippen LogP contribution >= 0.6 is 0 Å². The van der Waals surface area contributed by atoms with Crippen LogP contribution in [0, 0.1) is 0 Å². The topological polar surface area (TPSA) is 21.3 Å². The third-order valence-corrected chi connectivity index (χ3v) is 1.78. The first-order valence-electron chi connectivity index (χ1n) is 3.66. The summed E-state index contributed by atoms with van der Waals surface area (Å²) in [5.41, 5.74) is 0. The van der Waals surface area contributed by atoms with Gasteiger partial charge in [0.2, 0.25) is 0 Å². The molecule has 0 radical (unpaired) electrons. The highest BCUT2D eigenvalue weighted by molar-refractivity contribution is 4.70. The maximum atomic E-state index is 5.02. The van der Waals surface area contributed by atoms with Gasteiger partial charge in [0.15, 0.2) is 0 Å². The summed E-state index contributed by atoms with van der Waals surface area (Å²) in [6.45, 7) is 2.05. The van der Waals surface area contributed by atoms with Crippen molar-refractivity contribution in [3.8, 4) is 0 Å². The lowest BCUT2D eigenvalue weighted by Gasteiger charge is -2.22. The molecule has 1 saturated heterocycles. The Bertz CT molecular complexity index is 66.6. The van der Waals surface area contributed by atoms with Crippen LogP contribution in [0.1, 0.15) is 19.3 Å². The second-order valence-corrected chi connectivity index (χ2v) is 2.60. The van der Waals surface area contributed by atoms with Crippen molar-refractivity contribution in [2.75, 3.05) is 20.3 Å². The Balaban J connectivity index is 2.08. The molecular weight excluding hydrogens is 114 g/mol. The lowest BCUT2D eigenvalue weighted by Crippen LogP contribution is -2.37. The van der Waals surface area contributed by atoms with E-state index in [0.29, 0.717) is 6.04 Å².